The van der Waals surface area contributed by atoms with Gasteiger partial charge in [0.15, 0.2) is 9.84 Å². The molecule has 2 aliphatic rings. The van der Waals surface area contributed by atoms with E-state index >= 15 is 0 Å². The lowest BCUT2D eigenvalue weighted by Crippen LogP contribution is -2.50. The number of sulfone groups is 1. The summed E-state index contributed by atoms with van der Waals surface area (Å²) in [5, 5.41) is 11.1. The number of hydrogen-bond acceptors (Lipinski definition) is 6. The van der Waals surface area contributed by atoms with Gasteiger partial charge < -0.3 is 9.80 Å². The van der Waals surface area contributed by atoms with Gasteiger partial charge in [-0.25, -0.2) is 8.42 Å². The summed E-state index contributed by atoms with van der Waals surface area (Å²) in [7, 11) is -3.71. The first kappa shape index (κ1) is 21.2. The molecule has 1 aromatic rings. The summed E-state index contributed by atoms with van der Waals surface area (Å²) in [6.45, 7) is 1.44. The second-order valence-electron chi connectivity index (χ2n) is 7.77. The Bertz CT molecular complexity index is 916. The van der Waals surface area contributed by atoms with E-state index in [2.05, 4.69) is 0 Å². The zero-order chi connectivity index (χ0) is 21.2. The normalized spacial score (nSPS) is 18.1. The highest BCUT2D eigenvalue weighted by Crippen LogP contribution is 2.28. The van der Waals surface area contributed by atoms with Crippen molar-refractivity contribution in [3.8, 4) is 0 Å². The van der Waals surface area contributed by atoms with Gasteiger partial charge >= 0.3 is 0 Å². The number of nitrogens with zero attached hydrogens (tertiary/aromatic N) is 3. The third kappa shape index (κ3) is 5.11. The maximum Gasteiger partial charge on any atom is 0.271 e. The van der Waals surface area contributed by atoms with Gasteiger partial charge in [-0.05, 0) is 24.8 Å². The first-order valence-electron chi connectivity index (χ1n) is 9.72. The van der Waals surface area contributed by atoms with Crippen LogP contribution in [0.25, 0.3) is 0 Å². The van der Waals surface area contributed by atoms with Crippen molar-refractivity contribution in [2.24, 2.45) is 5.92 Å². The number of non-ortho nitro benzene ring substituents is 1. The minimum atomic E-state index is -3.71. The highest BCUT2D eigenvalue weighted by Gasteiger charge is 2.28. The highest BCUT2D eigenvalue weighted by molar-refractivity contribution is 7.90. The van der Waals surface area contributed by atoms with Gasteiger partial charge in [0.05, 0.1) is 9.82 Å². The molecule has 158 valence electrons. The Morgan fingerprint density at radius 1 is 1.07 bits per heavy atom. The van der Waals surface area contributed by atoms with Crippen LogP contribution >= 0.6 is 0 Å². The van der Waals surface area contributed by atoms with E-state index in [9.17, 15) is 28.1 Å². The average molecular weight is 423 g/mol. The zero-order valence-corrected chi connectivity index (χ0v) is 17.2. The van der Waals surface area contributed by atoms with Crippen LogP contribution < -0.4 is 0 Å². The van der Waals surface area contributed by atoms with Gasteiger partial charge in [0.25, 0.3) is 11.6 Å². The molecular weight excluding hydrogens is 398 g/mol. The SMILES string of the molecule is CS(=O)(=O)c1cc(C(=O)N2CCN(C(=O)CC3CCCC3)CC2)cc([N+](=O)[O-])c1. The Morgan fingerprint density at radius 2 is 1.66 bits per heavy atom. The standard InChI is InChI=1S/C19H25N3O6S/c1-29(27,28)17-12-15(11-16(13-17)22(25)26)19(24)21-8-6-20(7-9-21)18(23)10-14-4-2-3-5-14/h11-14H,2-10H2,1H3. The van der Waals surface area contributed by atoms with Crippen molar-refractivity contribution in [2.75, 3.05) is 32.4 Å². The molecule has 2 fully saturated rings. The van der Waals surface area contributed by atoms with Crippen molar-refractivity contribution in [2.45, 2.75) is 37.0 Å². The predicted molar refractivity (Wildman–Crippen MR) is 105 cm³/mol. The van der Waals surface area contributed by atoms with Crippen LogP contribution in [0.15, 0.2) is 23.1 Å². The van der Waals surface area contributed by atoms with Crippen LogP contribution in [0.4, 0.5) is 5.69 Å². The fourth-order valence-electron chi connectivity index (χ4n) is 3.96. The van der Waals surface area contributed by atoms with Crippen LogP contribution in [0.2, 0.25) is 0 Å². The van der Waals surface area contributed by atoms with Gasteiger partial charge in [0.2, 0.25) is 5.91 Å². The van der Waals surface area contributed by atoms with Crippen LogP contribution in [-0.4, -0.2) is 67.4 Å². The van der Waals surface area contributed by atoms with Crippen LogP contribution in [-0.2, 0) is 14.6 Å². The first-order chi connectivity index (χ1) is 13.6. The molecule has 1 aliphatic carbocycles. The summed E-state index contributed by atoms with van der Waals surface area (Å²) in [6, 6.07) is 3.21. The molecule has 1 aromatic carbocycles. The molecule has 1 saturated carbocycles. The number of carbonyl (C=O) groups excluding carboxylic acids is 2. The quantitative estimate of drug-likeness (QED) is 0.527. The van der Waals surface area contributed by atoms with E-state index in [4.69, 9.17) is 0 Å². The maximum absolute atomic E-state index is 12.8. The van der Waals surface area contributed by atoms with Crippen molar-refractivity contribution < 1.29 is 22.9 Å². The summed E-state index contributed by atoms with van der Waals surface area (Å²) < 4.78 is 23.7. The van der Waals surface area contributed by atoms with E-state index in [1.54, 1.807) is 4.90 Å². The summed E-state index contributed by atoms with van der Waals surface area (Å²) in [5.74, 6) is 0.0987. The fraction of sp³-hybridized carbons (Fsp3) is 0.579. The molecule has 9 nitrogen and oxygen atoms in total. The first-order valence-corrected chi connectivity index (χ1v) is 11.6. The largest absolute Gasteiger partial charge is 0.339 e. The summed E-state index contributed by atoms with van der Waals surface area (Å²) in [4.78, 5) is 38.7. The topological polar surface area (TPSA) is 118 Å². The summed E-state index contributed by atoms with van der Waals surface area (Å²) in [6.07, 6.45) is 6.04. The van der Waals surface area contributed by atoms with Crippen LogP contribution in [0.3, 0.4) is 0 Å². The molecule has 29 heavy (non-hydrogen) atoms. The number of nitro groups is 1. The second-order valence-corrected chi connectivity index (χ2v) is 9.79. The van der Waals surface area contributed by atoms with Crippen LogP contribution in [0, 0.1) is 16.0 Å². The minimum absolute atomic E-state index is 0.0367. The van der Waals surface area contributed by atoms with Gasteiger partial charge in [0, 0.05) is 56.6 Å². The number of amides is 2. The Morgan fingerprint density at radius 3 is 2.21 bits per heavy atom. The molecule has 0 radical (unpaired) electrons. The van der Waals surface area contributed by atoms with E-state index < -0.39 is 26.4 Å². The molecule has 1 saturated heterocycles. The van der Waals surface area contributed by atoms with Gasteiger partial charge in [0.1, 0.15) is 0 Å². The third-order valence-corrected chi connectivity index (χ3v) is 6.73. The van der Waals surface area contributed by atoms with Gasteiger partial charge in [-0.15, -0.1) is 0 Å². The fourth-order valence-corrected chi connectivity index (χ4v) is 4.63. The van der Waals surface area contributed by atoms with Crippen molar-refractivity contribution in [3.63, 3.8) is 0 Å². The molecule has 1 aliphatic heterocycles. The van der Waals surface area contributed by atoms with E-state index in [0.717, 1.165) is 31.2 Å². The van der Waals surface area contributed by atoms with Gasteiger partial charge in [-0.1, -0.05) is 12.8 Å². The van der Waals surface area contributed by atoms with Crippen molar-refractivity contribution >= 4 is 27.3 Å². The molecule has 1 heterocycles. The molecule has 2 amide bonds. The molecule has 0 bridgehead atoms. The Balaban J connectivity index is 1.68. The van der Waals surface area contributed by atoms with Crippen LogP contribution in [0.5, 0.6) is 0 Å². The lowest BCUT2D eigenvalue weighted by molar-refractivity contribution is -0.385. The lowest BCUT2D eigenvalue weighted by atomic mass is 10.0. The maximum atomic E-state index is 12.8. The predicted octanol–water partition coefficient (Wildman–Crippen LogP) is 1.86. The number of carbonyl (C=O) groups is 2. The molecule has 0 N–H and O–H groups in total. The van der Waals surface area contributed by atoms with Crippen molar-refractivity contribution in [1.29, 1.82) is 0 Å². The second kappa shape index (κ2) is 8.48. The van der Waals surface area contributed by atoms with Crippen molar-refractivity contribution in [3.05, 3.63) is 33.9 Å². The minimum Gasteiger partial charge on any atom is -0.339 e. The number of piperazine rings is 1. The van der Waals surface area contributed by atoms with Gasteiger partial charge in [-0.3, -0.25) is 19.7 Å². The molecule has 0 spiro atoms. The third-order valence-electron chi connectivity index (χ3n) is 5.63. The van der Waals surface area contributed by atoms with E-state index in [1.807, 2.05) is 0 Å². The summed E-state index contributed by atoms with van der Waals surface area (Å²) in [5.41, 5.74) is -0.480. The molecule has 0 aromatic heterocycles. The molecule has 3 rings (SSSR count). The zero-order valence-electron chi connectivity index (χ0n) is 16.4. The van der Waals surface area contributed by atoms with Gasteiger partial charge in [-0.2, -0.15) is 0 Å². The van der Waals surface area contributed by atoms with E-state index in [1.165, 1.54) is 23.8 Å². The highest BCUT2D eigenvalue weighted by atomic mass is 32.2. The van der Waals surface area contributed by atoms with E-state index in [-0.39, 0.29) is 16.4 Å². The Labute approximate surface area is 169 Å². The monoisotopic (exact) mass is 423 g/mol. The average Bonchev–Trinajstić information content (AvgIpc) is 3.19. The number of benzene rings is 1. The smallest absolute Gasteiger partial charge is 0.271 e. The number of hydrogen-bond donors (Lipinski definition) is 0. The molecule has 10 heteroatoms. The van der Waals surface area contributed by atoms with Crippen LogP contribution in [0.1, 0.15) is 42.5 Å². The Kier molecular flexibility index (Phi) is 6.21. The Hall–Kier alpha value is -2.49. The lowest BCUT2D eigenvalue weighted by Gasteiger charge is -2.35. The summed E-state index contributed by atoms with van der Waals surface area (Å²) >= 11 is 0. The number of rotatable bonds is 5. The number of nitro benzene ring substituents is 1. The molecule has 0 unspecified atom stereocenters. The van der Waals surface area contributed by atoms with Crippen molar-refractivity contribution in [1.82, 2.24) is 9.80 Å². The van der Waals surface area contributed by atoms with E-state index in [0.29, 0.717) is 38.5 Å². The molecule has 0 atom stereocenters. The molecular formula is C19H25N3O6S.